The summed E-state index contributed by atoms with van der Waals surface area (Å²) in [5.41, 5.74) is 1.80. The van der Waals surface area contributed by atoms with Crippen LogP contribution < -0.4 is 9.80 Å². The maximum absolute atomic E-state index is 12.7. The maximum atomic E-state index is 12.7. The predicted octanol–water partition coefficient (Wildman–Crippen LogP) is 1.80. The number of hydrogen-bond acceptors (Lipinski definition) is 2. The molecule has 1 saturated heterocycles. The average molecular weight is 374 g/mol. The summed E-state index contributed by atoms with van der Waals surface area (Å²) in [5, 5.41) is 0. The third-order valence-electron chi connectivity index (χ3n) is 4.15. The van der Waals surface area contributed by atoms with Crippen LogP contribution in [-0.4, -0.2) is 24.9 Å². The SMILES string of the molecule is C[NH+](Cc1ccccc1)[C@H]1CC(=O)N(c2ccc(Br)cc2)C1=O. The van der Waals surface area contributed by atoms with Crippen molar-refractivity contribution in [2.75, 3.05) is 11.9 Å². The molecule has 2 atom stereocenters. The molecule has 1 aliphatic rings. The molecule has 5 heteroatoms. The number of nitrogens with one attached hydrogen (secondary N) is 1. The summed E-state index contributed by atoms with van der Waals surface area (Å²) in [4.78, 5) is 27.4. The van der Waals surface area contributed by atoms with Crippen LogP contribution in [0.4, 0.5) is 5.69 Å². The van der Waals surface area contributed by atoms with E-state index in [-0.39, 0.29) is 24.3 Å². The van der Waals surface area contributed by atoms with E-state index < -0.39 is 0 Å². The van der Waals surface area contributed by atoms with Gasteiger partial charge in [-0.25, -0.2) is 4.90 Å². The van der Waals surface area contributed by atoms with Gasteiger partial charge in [-0.3, -0.25) is 9.59 Å². The van der Waals surface area contributed by atoms with Crippen LogP contribution in [0.1, 0.15) is 12.0 Å². The van der Waals surface area contributed by atoms with Crippen molar-refractivity contribution in [2.24, 2.45) is 0 Å². The Morgan fingerprint density at radius 2 is 1.74 bits per heavy atom. The van der Waals surface area contributed by atoms with Crippen molar-refractivity contribution in [3.63, 3.8) is 0 Å². The van der Waals surface area contributed by atoms with Gasteiger partial charge >= 0.3 is 0 Å². The molecule has 1 N–H and O–H groups in total. The molecular formula is C18H18BrN2O2+. The molecule has 1 unspecified atom stereocenters. The summed E-state index contributed by atoms with van der Waals surface area (Å²) in [6.45, 7) is 0.721. The fourth-order valence-electron chi connectivity index (χ4n) is 2.92. The highest BCUT2D eigenvalue weighted by atomic mass is 79.9. The number of nitrogens with zero attached hydrogens (tertiary/aromatic N) is 1. The fourth-order valence-corrected chi connectivity index (χ4v) is 3.18. The summed E-state index contributed by atoms with van der Waals surface area (Å²) in [6.07, 6.45) is 0.258. The highest BCUT2D eigenvalue weighted by Crippen LogP contribution is 2.23. The minimum atomic E-state index is -0.327. The molecule has 2 aromatic rings. The van der Waals surface area contributed by atoms with E-state index in [2.05, 4.69) is 15.9 Å². The Labute approximate surface area is 143 Å². The Bertz CT molecular complexity index is 716. The molecule has 4 nitrogen and oxygen atoms in total. The van der Waals surface area contributed by atoms with Crippen LogP contribution in [0.2, 0.25) is 0 Å². The smallest absolute Gasteiger partial charge is 0.292 e. The van der Waals surface area contributed by atoms with Crippen LogP contribution in [-0.2, 0) is 16.1 Å². The van der Waals surface area contributed by atoms with Crippen molar-refractivity contribution in [3.8, 4) is 0 Å². The molecule has 0 spiro atoms. The number of likely N-dealkylation sites (N-methyl/N-ethyl adjacent to an activating group) is 1. The van der Waals surface area contributed by atoms with Gasteiger partial charge in [0.2, 0.25) is 5.91 Å². The monoisotopic (exact) mass is 373 g/mol. The number of imide groups is 1. The van der Waals surface area contributed by atoms with Crippen molar-refractivity contribution in [1.82, 2.24) is 0 Å². The standard InChI is InChI=1S/C18H17BrN2O2/c1-20(12-13-5-3-2-4-6-13)16-11-17(22)21(18(16)23)15-9-7-14(19)8-10-15/h2-10,16H,11-12H2,1H3/p+1/t16-/m0/s1. The predicted molar refractivity (Wildman–Crippen MR) is 92.1 cm³/mol. The number of quaternary nitrogens is 1. The molecule has 1 heterocycles. The van der Waals surface area contributed by atoms with Gasteiger partial charge in [-0.2, -0.15) is 0 Å². The highest BCUT2D eigenvalue weighted by Gasteiger charge is 2.44. The van der Waals surface area contributed by atoms with Crippen molar-refractivity contribution >= 4 is 33.4 Å². The first kappa shape index (κ1) is 15.9. The lowest BCUT2D eigenvalue weighted by Gasteiger charge is -2.20. The lowest BCUT2D eigenvalue weighted by Crippen LogP contribution is -3.12. The molecule has 3 rings (SSSR count). The zero-order valence-electron chi connectivity index (χ0n) is 12.8. The fraction of sp³-hybridized carbons (Fsp3) is 0.222. The molecule has 0 saturated carbocycles. The summed E-state index contributed by atoms with van der Waals surface area (Å²) in [6, 6.07) is 16.9. The maximum Gasteiger partial charge on any atom is 0.292 e. The molecule has 2 aromatic carbocycles. The van der Waals surface area contributed by atoms with Crippen LogP contribution in [0.25, 0.3) is 0 Å². The Morgan fingerprint density at radius 1 is 1.09 bits per heavy atom. The van der Waals surface area contributed by atoms with E-state index in [0.29, 0.717) is 5.69 Å². The van der Waals surface area contributed by atoms with Gasteiger partial charge in [0.1, 0.15) is 6.54 Å². The van der Waals surface area contributed by atoms with Crippen LogP contribution in [0.15, 0.2) is 59.1 Å². The molecular weight excluding hydrogens is 356 g/mol. The zero-order valence-corrected chi connectivity index (χ0v) is 14.4. The topological polar surface area (TPSA) is 41.8 Å². The van der Waals surface area contributed by atoms with Crippen molar-refractivity contribution in [3.05, 3.63) is 64.6 Å². The van der Waals surface area contributed by atoms with Crippen LogP contribution in [0, 0.1) is 0 Å². The minimum Gasteiger partial charge on any atom is -0.323 e. The molecule has 23 heavy (non-hydrogen) atoms. The molecule has 1 fully saturated rings. The molecule has 1 aliphatic heterocycles. The van der Waals surface area contributed by atoms with E-state index in [9.17, 15) is 9.59 Å². The normalized spacial score (nSPS) is 19.2. The summed E-state index contributed by atoms with van der Waals surface area (Å²) < 4.78 is 0.920. The van der Waals surface area contributed by atoms with E-state index in [0.717, 1.165) is 21.5 Å². The Balaban J connectivity index is 1.76. The van der Waals surface area contributed by atoms with Gasteiger partial charge in [0.25, 0.3) is 5.91 Å². The lowest BCUT2D eigenvalue weighted by molar-refractivity contribution is -0.908. The molecule has 2 amide bonds. The number of benzene rings is 2. The summed E-state index contributed by atoms with van der Waals surface area (Å²) in [7, 11) is 1.97. The van der Waals surface area contributed by atoms with Gasteiger partial charge in [-0.1, -0.05) is 46.3 Å². The third-order valence-corrected chi connectivity index (χ3v) is 4.68. The Kier molecular flexibility index (Phi) is 4.59. The molecule has 0 aromatic heterocycles. The van der Waals surface area contributed by atoms with E-state index in [4.69, 9.17) is 0 Å². The van der Waals surface area contributed by atoms with Crippen molar-refractivity contribution in [2.45, 2.75) is 19.0 Å². The molecule has 0 aliphatic carbocycles. The third kappa shape index (κ3) is 3.35. The number of rotatable bonds is 4. The lowest BCUT2D eigenvalue weighted by atomic mass is 10.1. The second kappa shape index (κ2) is 6.64. The van der Waals surface area contributed by atoms with Gasteiger partial charge in [0.05, 0.1) is 19.2 Å². The number of halogens is 1. The van der Waals surface area contributed by atoms with Crippen LogP contribution in [0.3, 0.4) is 0 Å². The molecule has 118 valence electrons. The quantitative estimate of drug-likeness (QED) is 0.830. The summed E-state index contributed by atoms with van der Waals surface area (Å²) in [5.74, 6) is -0.250. The number of carbonyl (C=O) groups excluding carboxylic acids is 2. The van der Waals surface area contributed by atoms with E-state index in [1.165, 1.54) is 4.90 Å². The first-order valence-electron chi connectivity index (χ1n) is 7.55. The van der Waals surface area contributed by atoms with E-state index >= 15 is 0 Å². The average Bonchev–Trinajstić information content (AvgIpc) is 2.84. The van der Waals surface area contributed by atoms with Crippen molar-refractivity contribution < 1.29 is 14.5 Å². The van der Waals surface area contributed by atoms with Crippen LogP contribution >= 0.6 is 15.9 Å². The van der Waals surface area contributed by atoms with Gasteiger partial charge in [-0.15, -0.1) is 0 Å². The number of anilines is 1. The minimum absolute atomic E-state index is 0.120. The highest BCUT2D eigenvalue weighted by molar-refractivity contribution is 9.10. The Morgan fingerprint density at radius 3 is 2.39 bits per heavy atom. The van der Waals surface area contributed by atoms with E-state index in [1.807, 2.05) is 49.5 Å². The van der Waals surface area contributed by atoms with Crippen LogP contribution in [0.5, 0.6) is 0 Å². The van der Waals surface area contributed by atoms with Gasteiger partial charge in [-0.05, 0) is 24.3 Å². The Hall–Kier alpha value is -1.98. The van der Waals surface area contributed by atoms with Gasteiger partial charge in [0.15, 0.2) is 6.04 Å². The van der Waals surface area contributed by atoms with Crippen molar-refractivity contribution in [1.29, 1.82) is 0 Å². The van der Waals surface area contributed by atoms with Gasteiger partial charge < -0.3 is 4.90 Å². The second-order valence-corrected chi connectivity index (χ2v) is 6.72. The number of amides is 2. The first-order valence-corrected chi connectivity index (χ1v) is 8.34. The molecule has 0 bridgehead atoms. The first-order chi connectivity index (χ1) is 11.1. The largest absolute Gasteiger partial charge is 0.323 e. The summed E-state index contributed by atoms with van der Waals surface area (Å²) >= 11 is 3.36. The second-order valence-electron chi connectivity index (χ2n) is 5.81. The van der Waals surface area contributed by atoms with E-state index in [1.54, 1.807) is 12.1 Å². The number of hydrogen-bond donors (Lipinski definition) is 1. The zero-order chi connectivity index (χ0) is 16.4. The van der Waals surface area contributed by atoms with Gasteiger partial charge in [0, 0.05) is 10.0 Å². The number of carbonyl (C=O) groups is 2. The molecule has 0 radical (unpaired) electrons.